The molecule has 0 aromatic carbocycles. The van der Waals surface area contributed by atoms with Gasteiger partial charge in [0.05, 0.1) is 12.0 Å². The Labute approximate surface area is 219 Å². The zero-order chi connectivity index (χ0) is 27.7. The second-order valence-electron chi connectivity index (χ2n) is 11.9. The largest absolute Gasteiger partial charge is 0.462 e. The van der Waals surface area contributed by atoms with E-state index in [1.54, 1.807) is 65.8 Å². The second-order valence-corrected chi connectivity index (χ2v) is 11.9. The van der Waals surface area contributed by atoms with Crippen molar-refractivity contribution in [3.8, 4) is 0 Å². The van der Waals surface area contributed by atoms with Crippen LogP contribution in [0.25, 0.3) is 0 Å². The van der Waals surface area contributed by atoms with Crippen molar-refractivity contribution < 1.29 is 34.1 Å². The molecule has 1 unspecified atom stereocenters. The molecule has 0 saturated heterocycles. The number of aliphatic hydroxyl groups excluding tert-OH is 1. The molecule has 0 aromatic heterocycles. The standard InChI is InChI=1S/C30H40O7/c1-9-15(3)26(33)36-14-28(8)21-12-19(7)29-13-18(6)25(37-27(34)16(4)10-2)30(29,35)23(31)17(5)11-20(22(21)28)24(29)32/h9-11,13,19-23,25,31,35H,12,14H2,1-8H3/b15-9-,16-10-/t19-,20+,21-,22+,23-,25+,28?,29-,30+/m1/s1. The van der Waals surface area contributed by atoms with E-state index in [1.165, 1.54) is 0 Å². The van der Waals surface area contributed by atoms with Crippen LogP contribution in [0.5, 0.6) is 0 Å². The van der Waals surface area contributed by atoms with E-state index in [9.17, 15) is 24.6 Å². The summed E-state index contributed by atoms with van der Waals surface area (Å²) in [7, 11) is 0. The summed E-state index contributed by atoms with van der Waals surface area (Å²) in [5, 5.41) is 24.0. The molecule has 2 saturated carbocycles. The first-order valence-corrected chi connectivity index (χ1v) is 13.2. The Hall–Kier alpha value is -2.51. The van der Waals surface area contributed by atoms with Crippen molar-refractivity contribution in [2.45, 2.75) is 79.6 Å². The third-order valence-electron chi connectivity index (χ3n) is 9.89. The molecule has 4 rings (SSSR count). The van der Waals surface area contributed by atoms with Gasteiger partial charge in [0.15, 0.2) is 17.5 Å². The minimum atomic E-state index is -2.03. The van der Waals surface area contributed by atoms with Gasteiger partial charge < -0.3 is 19.7 Å². The minimum absolute atomic E-state index is 0.0920. The summed E-state index contributed by atoms with van der Waals surface area (Å²) >= 11 is 0. The van der Waals surface area contributed by atoms with Crippen LogP contribution < -0.4 is 0 Å². The third-order valence-corrected chi connectivity index (χ3v) is 9.89. The normalized spacial score (nSPS) is 43.0. The number of carbonyl (C=O) groups excluding carboxylic acids is 3. The molecule has 7 heteroatoms. The molecule has 1 spiro atoms. The molecule has 2 N–H and O–H groups in total. The lowest BCUT2D eigenvalue weighted by atomic mass is 9.59. The van der Waals surface area contributed by atoms with E-state index in [4.69, 9.17) is 9.47 Å². The zero-order valence-electron chi connectivity index (χ0n) is 23.1. The Kier molecular flexibility index (Phi) is 6.73. The topological polar surface area (TPSA) is 110 Å². The average Bonchev–Trinajstić information content (AvgIpc) is 3.40. The van der Waals surface area contributed by atoms with Crippen LogP contribution in [0.4, 0.5) is 0 Å². The number of ether oxygens (including phenoxy) is 2. The number of hydrogen-bond acceptors (Lipinski definition) is 7. The van der Waals surface area contributed by atoms with E-state index in [2.05, 4.69) is 6.92 Å². The molecule has 2 fully saturated rings. The molecule has 202 valence electrons. The van der Waals surface area contributed by atoms with Crippen LogP contribution in [0.3, 0.4) is 0 Å². The summed E-state index contributed by atoms with van der Waals surface area (Å²) in [5.41, 5.74) is -1.90. The number of esters is 2. The van der Waals surface area contributed by atoms with Gasteiger partial charge in [0, 0.05) is 22.5 Å². The Morgan fingerprint density at radius 2 is 1.70 bits per heavy atom. The van der Waals surface area contributed by atoms with Crippen molar-refractivity contribution in [3.05, 3.63) is 46.6 Å². The van der Waals surface area contributed by atoms with Crippen molar-refractivity contribution >= 4 is 17.7 Å². The number of allylic oxidation sites excluding steroid dienone is 3. The van der Waals surface area contributed by atoms with Crippen LogP contribution in [0.1, 0.15) is 61.8 Å². The SMILES string of the molecule is C/C=C(/C)C(=O)OCC1(C)[C@H]2[C@@H]3C=C(C)[C@@H](O)[C@]4(O)[C@@H](OC(=O)/C(C)=C\C)C(C)=C[C@]4(C3=O)[C@H](C)C[C@H]21. The average molecular weight is 513 g/mol. The molecule has 0 radical (unpaired) electrons. The van der Waals surface area contributed by atoms with Gasteiger partial charge in [-0.1, -0.05) is 38.2 Å². The summed E-state index contributed by atoms with van der Waals surface area (Å²) < 4.78 is 11.4. The Bertz CT molecular complexity index is 1160. The van der Waals surface area contributed by atoms with Crippen LogP contribution >= 0.6 is 0 Å². The summed E-state index contributed by atoms with van der Waals surface area (Å²) in [6, 6.07) is 0. The number of ketones is 1. The monoisotopic (exact) mass is 512 g/mol. The minimum Gasteiger partial charge on any atom is -0.462 e. The smallest absolute Gasteiger partial charge is 0.334 e. The molecule has 9 atom stereocenters. The van der Waals surface area contributed by atoms with Gasteiger partial charge in [-0.25, -0.2) is 9.59 Å². The van der Waals surface area contributed by atoms with Crippen molar-refractivity contribution in [2.24, 2.45) is 34.5 Å². The highest BCUT2D eigenvalue weighted by Crippen LogP contribution is 2.72. The molecule has 7 nitrogen and oxygen atoms in total. The fourth-order valence-corrected chi connectivity index (χ4v) is 7.37. The van der Waals surface area contributed by atoms with E-state index in [-0.39, 0.29) is 36.1 Å². The van der Waals surface area contributed by atoms with Crippen LogP contribution in [0.2, 0.25) is 0 Å². The Morgan fingerprint density at radius 1 is 1.11 bits per heavy atom. The Balaban J connectivity index is 1.75. The molecule has 0 amide bonds. The second kappa shape index (κ2) is 9.05. The first-order chi connectivity index (χ1) is 17.2. The maximum atomic E-state index is 14.5. The number of aliphatic hydroxyl groups is 2. The van der Waals surface area contributed by atoms with Crippen LogP contribution in [0.15, 0.2) is 46.6 Å². The highest BCUT2D eigenvalue weighted by molar-refractivity contribution is 5.96. The summed E-state index contributed by atoms with van der Waals surface area (Å²) in [6.45, 7) is 14.5. The molecule has 0 aliphatic heterocycles. The quantitative estimate of drug-likeness (QED) is 0.327. The van der Waals surface area contributed by atoms with E-state index in [1.807, 2.05) is 6.92 Å². The van der Waals surface area contributed by atoms with Crippen molar-refractivity contribution in [3.63, 3.8) is 0 Å². The molecule has 0 heterocycles. The summed E-state index contributed by atoms with van der Waals surface area (Å²) in [4.78, 5) is 39.6. The lowest BCUT2D eigenvalue weighted by Crippen LogP contribution is -2.65. The van der Waals surface area contributed by atoms with Crippen molar-refractivity contribution in [2.75, 3.05) is 6.61 Å². The Morgan fingerprint density at radius 3 is 2.30 bits per heavy atom. The van der Waals surface area contributed by atoms with Gasteiger partial charge in [-0.2, -0.15) is 0 Å². The van der Waals surface area contributed by atoms with Crippen LogP contribution in [-0.4, -0.2) is 52.4 Å². The molecular weight excluding hydrogens is 472 g/mol. The zero-order valence-corrected chi connectivity index (χ0v) is 23.1. The van der Waals surface area contributed by atoms with Gasteiger partial charge in [-0.3, -0.25) is 4.79 Å². The number of carbonyl (C=O) groups is 3. The molecule has 37 heavy (non-hydrogen) atoms. The lowest BCUT2D eigenvalue weighted by molar-refractivity contribution is -0.201. The highest BCUT2D eigenvalue weighted by atomic mass is 16.6. The predicted octanol–water partition coefficient (Wildman–Crippen LogP) is 3.85. The van der Waals surface area contributed by atoms with E-state index in [0.29, 0.717) is 28.7 Å². The molecule has 2 bridgehead atoms. The maximum absolute atomic E-state index is 14.5. The first-order valence-electron chi connectivity index (χ1n) is 13.2. The summed E-state index contributed by atoms with van der Waals surface area (Å²) in [6.07, 6.45) is 4.90. The maximum Gasteiger partial charge on any atom is 0.334 e. The van der Waals surface area contributed by atoms with Crippen molar-refractivity contribution in [1.29, 1.82) is 0 Å². The predicted molar refractivity (Wildman–Crippen MR) is 138 cm³/mol. The third kappa shape index (κ3) is 3.64. The first kappa shape index (κ1) is 27.5. The fourth-order valence-electron chi connectivity index (χ4n) is 7.37. The number of hydrogen-bond donors (Lipinski definition) is 2. The lowest BCUT2D eigenvalue weighted by Gasteiger charge is -2.48. The van der Waals surface area contributed by atoms with Gasteiger partial charge in [-0.15, -0.1) is 0 Å². The number of rotatable bonds is 5. The number of fused-ring (bicyclic) bond motifs is 3. The van der Waals surface area contributed by atoms with E-state index < -0.39 is 40.5 Å². The summed E-state index contributed by atoms with van der Waals surface area (Å²) in [5.74, 6) is -2.05. The van der Waals surface area contributed by atoms with Gasteiger partial charge in [-0.05, 0) is 76.9 Å². The molecule has 0 aromatic rings. The highest BCUT2D eigenvalue weighted by Gasteiger charge is 2.77. The molecular formula is C30H40O7. The van der Waals surface area contributed by atoms with Crippen LogP contribution in [0, 0.1) is 34.5 Å². The molecule has 4 aliphatic carbocycles. The number of Topliss-reactive ketones (excluding diaryl/α,β-unsaturated/α-hetero) is 1. The van der Waals surface area contributed by atoms with E-state index >= 15 is 0 Å². The van der Waals surface area contributed by atoms with Crippen LogP contribution in [-0.2, 0) is 23.9 Å². The van der Waals surface area contributed by atoms with Gasteiger partial charge in [0.1, 0.15) is 6.10 Å². The van der Waals surface area contributed by atoms with Gasteiger partial charge in [0.25, 0.3) is 0 Å². The van der Waals surface area contributed by atoms with Gasteiger partial charge in [0.2, 0.25) is 0 Å². The fraction of sp³-hybridized carbons (Fsp3) is 0.633. The van der Waals surface area contributed by atoms with Gasteiger partial charge >= 0.3 is 11.9 Å². The van der Waals surface area contributed by atoms with E-state index in [0.717, 1.165) is 0 Å². The van der Waals surface area contributed by atoms with Crippen molar-refractivity contribution in [1.82, 2.24) is 0 Å². The molecule has 4 aliphatic rings.